The minimum atomic E-state index is 0.128. The first-order valence-corrected chi connectivity index (χ1v) is 12.1. The number of likely N-dealkylation sites (tertiary alicyclic amines) is 1. The summed E-state index contributed by atoms with van der Waals surface area (Å²) in [6.45, 7) is 5.13. The predicted octanol–water partition coefficient (Wildman–Crippen LogP) is 4.36. The molecule has 6 nitrogen and oxygen atoms in total. The average molecular weight is 455 g/mol. The van der Waals surface area contributed by atoms with E-state index >= 15 is 0 Å². The van der Waals surface area contributed by atoms with E-state index in [2.05, 4.69) is 43.9 Å². The molecule has 32 heavy (non-hydrogen) atoms. The molecule has 4 heterocycles. The van der Waals surface area contributed by atoms with Crippen LogP contribution in [0.25, 0.3) is 0 Å². The number of hydrogen-bond donors (Lipinski definition) is 0. The SMILES string of the molecule is O=C1N(C2CCOCC2)C[C@@H](c2ccccc2)N1C1CCN(Cc2ccc(Cl)nc2)CC1. The molecular weight excluding hydrogens is 424 g/mol. The highest BCUT2D eigenvalue weighted by Gasteiger charge is 2.45. The maximum absolute atomic E-state index is 13.7. The number of nitrogens with zero attached hydrogens (tertiary/aromatic N) is 4. The van der Waals surface area contributed by atoms with Crippen molar-refractivity contribution in [2.75, 3.05) is 32.8 Å². The van der Waals surface area contributed by atoms with Crippen LogP contribution in [0.15, 0.2) is 48.7 Å². The van der Waals surface area contributed by atoms with Gasteiger partial charge in [0.15, 0.2) is 0 Å². The first-order valence-electron chi connectivity index (χ1n) is 11.7. The van der Waals surface area contributed by atoms with E-state index in [0.717, 1.165) is 65.1 Å². The van der Waals surface area contributed by atoms with Gasteiger partial charge in [0.05, 0.1) is 6.04 Å². The zero-order chi connectivity index (χ0) is 21.9. The van der Waals surface area contributed by atoms with Gasteiger partial charge in [-0.2, -0.15) is 0 Å². The summed E-state index contributed by atoms with van der Waals surface area (Å²) in [6.07, 6.45) is 5.73. The molecule has 0 aliphatic carbocycles. The van der Waals surface area contributed by atoms with E-state index in [-0.39, 0.29) is 18.1 Å². The lowest BCUT2D eigenvalue weighted by Gasteiger charge is -2.39. The van der Waals surface area contributed by atoms with Gasteiger partial charge in [0.25, 0.3) is 0 Å². The largest absolute Gasteiger partial charge is 0.381 e. The zero-order valence-electron chi connectivity index (χ0n) is 18.4. The smallest absolute Gasteiger partial charge is 0.321 e. The van der Waals surface area contributed by atoms with Crippen LogP contribution < -0.4 is 0 Å². The molecule has 3 aliphatic heterocycles. The summed E-state index contributed by atoms with van der Waals surface area (Å²) < 4.78 is 5.55. The molecule has 1 atom stereocenters. The number of piperidine rings is 1. The topological polar surface area (TPSA) is 48.9 Å². The van der Waals surface area contributed by atoms with E-state index in [1.165, 1.54) is 11.1 Å². The second-order valence-corrected chi connectivity index (χ2v) is 9.50. The summed E-state index contributed by atoms with van der Waals surface area (Å²) in [4.78, 5) is 24.7. The van der Waals surface area contributed by atoms with Crippen LogP contribution in [-0.4, -0.2) is 70.6 Å². The number of carbonyl (C=O) groups excluding carboxylic acids is 1. The summed E-state index contributed by atoms with van der Waals surface area (Å²) in [5.74, 6) is 0. The maximum Gasteiger partial charge on any atom is 0.321 e. The molecule has 3 saturated heterocycles. The molecule has 0 radical (unpaired) electrons. The Kier molecular flexibility index (Phi) is 6.62. The second-order valence-electron chi connectivity index (χ2n) is 9.11. The number of halogens is 1. The van der Waals surface area contributed by atoms with E-state index < -0.39 is 0 Å². The van der Waals surface area contributed by atoms with Crippen molar-refractivity contribution in [2.45, 2.75) is 50.4 Å². The normalized spacial score (nSPS) is 23.8. The Balaban J connectivity index is 1.29. The molecule has 3 fully saturated rings. The number of rotatable bonds is 5. The highest BCUT2D eigenvalue weighted by molar-refractivity contribution is 6.29. The number of ether oxygens (including phenoxy) is 1. The molecule has 2 aromatic rings. The quantitative estimate of drug-likeness (QED) is 0.630. The van der Waals surface area contributed by atoms with Gasteiger partial charge < -0.3 is 14.5 Å². The van der Waals surface area contributed by atoms with Crippen molar-refractivity contribution in [3.63, 3.8) is 0 Å². The highest BCUT2D eigenvalue weighted by atomic mass is 35.5. The van der Waals surface area contributed by atoms with Crippen molar-refractivity contribution in [1.82, 2.24) is 19.7 Å². The molecule has 0 N–H and O–H groups in total. The fourth-order valence-corrected chi connectivity index (χ4v) is 5.51. The first kappa shape index (κ1) is 21.7. The van der Waals surface area contributed by atoms with Gasteiger partial charge >= 0.3 is 6.03 Å². The number of aromatic nitrogens is 1. The first-order chi connectivity index (χ1) is 15.7. The Morgan fingerprint density at radius 3 is 2.41 bits per heavy atom. The number of carbonyl (C=O) groups is 1. The second kappa shape index (κ2) is 9.77. The number of amides is 2. The van der Waals surface area contributed by atoms with Crippen LogP contribution >= 0.6 is 11.6 Å². The zero-order valence-corrected chi connectivity index (χ0v) is 19.2. The van der Waals surface area contributed by atoms with Crippen LogP contribution in [0.5, 0.6) is 0 Å². The summed E-state index contributed by atoms with van der Waals surface area (Å²) in [5.41, 5.74) is 2.42. The van der Waals surface area contributed by atoms with Crippen molar-refractivity contribution in [3.8, 4) is 0 Å². The molecule has 0 saturated carbocycles. The minimum absolute atomic E-state index is 0.128. The molecule has 5 rings (SSSR count). The summed E-state index contributed by atoms with van der Waals surface area (Å²) in [6, 6.07) is 15.4. The molecule has 3 aliphatic rings. The van der Waals surface area contributed by atoms with Crippen LogP contribution in [0.2, 0.25) is 5.15 Å². The third-order valence-electron chi connectivity index (χ3n) is 7.13. The highest BCUT2D eigenvalue weighted by Crippen LogP contribution is 2.37. The van der Waals surface area contributed by atoms with E-state index in [0.29, 0.717) is 11.2 Å². The summed E-state index contributed by atoms with van der Waals surface area (Å²) in [5, 5.41) is 0.529. The minimum Gasteiger partial charge on any atom is -0.381 e. The van der Waals surface area contributed by atoms with Gasteiger partial charge in [-0.3, -0.25) is 4.90 Å². The third kappa shape index (κ3) is 4.63. The van der Waals surface area contributed by atoms with Crippen molar-refractivity contribution >= 4 is 17.6 Å². The lowest BCUT2D eigenvalue weighted by Crippen LogP contribution is -2.48. The van der Waals surface area contributed by atoms with E-state index in [4.69, 9.17) is 16.3 Å². The Labute approximate surface area is 195 Å². The van der Waals surface area contributed by atoms with Crippen molar-refractivity contribution < 1.29 is 9.53 Å². The average Bonchev–Trinajstić information content (AvgIpc) is 3.19. The lowest BCUT2D eigenvalue weighted by atomic mass is 9.99. The Bertz CT molecular complexity index is 896. The van der Waals surface area contributed by atoms with Crippen LogP contribution in [0.1, 0.15) is 42.9 Å². The number of pyridine rings is 1. The molecule has 170 valence electrons. The van der Waals surface area contributed by atoms with Crippen LogP contribution in [0.4, 0.5) is 4.79 Å². The van der Waals surface area contributed by atoms with E-state index in [1.807, 2.05) is 24.4 Å². The van der Waals surface area contributed by atoms with Crippen LogP contribution in [0, 0.1) is 0 Å². The van der Waals surface area contributed by atoms with E-state index in [9.17, 15) is 4.79 Å². The molecule has 0 spiro atoms. The number of benzene rings is 1. The molecule has 7 heteroatoms. The van der Waals surface area contributed by atoms with Crippen molar-refractivity contribution in [3.05, 3.63) is 64.9 Å². The Morgan fingerprint density at radius 1 is 0.969 bits per heavy atom. The maximum atomic E-state index is 13.7. The number of hydrogen-bond acceptors (Lipinski definition) is 4. The Morgan fingerprint density at radius 2 is 1.72 bits per heavy atom. The predicted molar refractivity (Wildman–Crippen MR) is 125 cm³/mol. The third-order valence-corrected chi connectivity index (χ3v) is 7.36. The standard InChI is InChI=1S/C25H31ClN4O2/c26-24-7-6-19(16-27-24)17-28-12-8-22(9-13-28)30-23(20-4-2-1-3-5-20)18-29(25(30)31)21-10-14-32-15-11-21/h1-7,16,21-23H,8-15,17-18H2/t23-/m0/s1. The van der Waals surface area contributed by atoms with Gasteiger partial charge in [-0.1, -0.05) is 48.0 Å². The number of urea groups is 1. The van der Waals surface area contributed by atoms with Crippen molar-refractivity contribution in [2.24, 2.45) is 0 Å². The molecule has 1 aromatic carbocycles. The lowest BCUT2D eigenvalue weighted by molar-refractivity contribution is 0.0493. The van der Waals surface area contributed by atoms with Gasteiger partial charge in [-0.15, -0.1) is 0 Å². The van der Waals surface area contributed by atoms with Crippen molar-refractivity contribution in [1.29, 1.82) is 0 Å². The van der Waals surface area contributed by atoms with Gasteiger partial charge in [0.1, 0.15) is 5.15 Å². The fraction of sp³-hybridized carbons (Fsp3) is 0.520. The Hall–Kier alpha value is -2.15. The monoisotopic (exact) mass is 454 g/mol. The van der Waals surface area contributed by atoms with Crippen LogP contribution in [0.3, 0.4) is 0 Å². The van der Waals surface area contributed by atoms with Gasteiger partial charge in [-0.25, -0.2) is 9.78 Å². The fourth-order valence-electron chi connectivity index (χ4n) is 5.40. The molecule has 0 unspecified atom stereocenters. The van der Waals surface area contributed by atoms with Crippen LogP contribution in [-0.2, 0) is 11.3 Å². The van der Waals surface area contributed by atoms with Gasteiger partial charge in [-0.05, 0) is 42.9 Å². The van der Waals surface area contributed by atoms with Gasteiger partial charge in [0, 0.05) is 57.7 Å². The van der Waals surface area contributed by atoms with E-state index in [1.54, 1.807) is 0 Å². The molecule has 0 bridgehead atoms. The summed E-state index contributed by atoms with van der Waals surface area (Å²) in [7, 11) is 0. The molecule has 2 amide bonds. The van der Waals surface area contributed by atoms with Gasteiger partial charge in [0.2, 0.25) is 0 Å². The molecule has 1 aromatic heterocycles. The molecular formula is C25H31ClN4O2. The summed E-state index contributed by atoms with van der Waals surface area (Å²) >= 11 is 5.92.